The van der Waals surface area contributed by atoms with Gasteiger partial charge in [-0.1, -0.05) is 68.4 Å². The van der Waals surface area contributed by atoms with E-state index < -0.39 is 16.3 Å². The first-order chi connectivity index (χ1) is 16.1. The van der Waals surface area contributed by atoms with Crippen LogP contribution in [-0.2, 0) is 17.0 Å². The Bertz CT molecular complexity index is 1170. The zero-order chi connectivity index (χ0) is 23.3. The topological polar surface area (TPSA) is 46.5 Å². The Kier molecular flexibility index (Phi) is 6.85. The number of aryl methyl sites for hydroxylation is 2. The Hall–Kier alpha value is -3.50. The molecule has 1 N–H and O–H groups in total. The van der Waals surface area contributed by atoms with Crippen molar-refractivity contribution in [3.8, 4) is 5.75 Å². The fourth-order valence-corrected chi connectivity index (χ4v) is 6.80. The molecular weight excluding hydrogens is 428 g/mol. The van der Waals surface area contributed by atoms with Crippen LogP contribution in [0.5, 0.6) is 5.75 Å². The molecule has 4 aromatic carbocycles. The van der Waals surface area contributed by atoms with Gasteiger partial charge in [0, 0.05) is 14.7 Å². The molecule has 0 spiro atoms. The fraction of sp³-hybridized carbons (Fsp3) is 0.138. The summed E-state index contributed by atoms with van der Waals surface area (Å²) >= 11 is 0. The lowest BCUT2D eigenvalue weighted by atomic mass is 10.2. The molecule has 168 valence electrons. The van der Waals surface area contributed by atoms with Crippen LogP contribution in [-0.4, -0.2) is 11.1 Å². The van der Waals surface area contributed by atoms with Gasteiger partial charge in [0.1, 0.15) is 11.3 Å². The van der Waals surface area contributed by atoms with Crippen LogP contribution in [0, 0.1) is 0 Å². The highest BCUT2D eigenvalue weighted by atomic mass is 32.3. The zero-order valence-corrected chi connectivity index (χ0v) is 19.7. The summed E-state index contributed by atoms with van der Waals surface area (Å²) in [6, 6.07) is 33.0. The summed E-state index contributed by atoms with van der Waals surface area (Å²) in [5.41, 5.74) is 2.59. The molecule has 4 rings (SSSR count). The van der Waals surface area contributed by atoms with Crippen LogP contribution in [0.2, 0.25) is 0 Å². The first kappa shape index (κ1) is 22.7. The van der Waals surface area contributed by atoms with E-state index in [1.165, 1.54) is 17.2 Å². The van der Waals surface area contributed by atoms with E-state index in [4.69, 9.17) is 4.18 Å². The number of benzene rings is 4. The van der Waals surface area contributed by atoms with Crippen LogP contribution in [0.4, 0.5) is 0 Å². The second-order valence-corrected chi connectivity index (χ2v) is 10.4. The Balaban J connectivity index is 1.96. The molecule has 0 atom stereocenters. The summed E-state index contributed by atoms with van der Waals surface area (Å²) in [7, 11) is -2.41. The Morgan fingerprint density at radius 1 is 0.667 bits per heavy atom. The van der Waals surface area contributed by atoms with Gasteiger partial charge in [0.15, 0.2) is 0 Å². The molecule has 0 bridgehead atoms. The standard InChI is InChI=1S/C29H28O3S/c1-3-22-14-18-25(19-15-22)33(24-10-6-5-7-11-24,26-20-16-23(4-2)17-21-26)32-29(31)27-12-8-9-13-28(27)30/h5-21,30H,3-4H2,1-2H3. The van der Waals surface area contributed by atoms with E-state index in [1.54, 1.807) is 18.2 Å². The van der Waals surface area contributed by atoms with E-state index in [1.807, 2.05) is 30.3 Å². The molecule has 0 amide bonds. The summed E-state index contributed by atoms with van der Waals surface area (Å²) < 4.78 is 6.49. The third kappa shape index (κ3) is 4.53. The van der Waals surface area contributed by atoms with Crippen molar-refractivity contribution in [2.45, 2.75) is 41.4 Å². The highest BCUT2D eigenvalue weighted by Crippen LogP contribution is 2.69. The summed E-state index contributed by atoms with van der Waals surface area (Å²) in [5, 5.41) is 10.3. The SMILES string of the molecule is CCc1ccc(S(OC(=O)c2ccccc2O)(c2ccccc2)c2ccc(CC)cc2)cc1. The molecule has 4 heteroatoms. The van der Waals surface area contributed by atoms with Crippen molar-refractivity contribution >= 4 is 16.3 Å². The van der Waals surface area contributed by atoms with Gasteiger partial charge in [-0.25, -0.2) is 4.79 Å². The van der Waals surface area contributed by atoms with Crippen LogP contribution >= 0.6 is 10.3 Å². The van der Waals surface area contributed by atoms with Gasteiger partial charge in [-0.3, -0.25) is 0 Å². The number of phenols is 1. The maximum atomic E-state index is 13.5. The lowest BCUT2D eigenvalue weighted by molar-refractivity contribution is 0.0754. The van der Waals surface area contributed by atoms with Crippen LogP contribution in [0.15, 0.2) is 118 Å². The van der Waals surface area contributed by atoms with Gasteiger partial charge in [-0.05, 0) is 82.8 Å². The number of hydrogen-bond donors (Lipinski definition) is 1. The van der Waals surface area contributed by atoms with Gasteiger partial charge in [0.2, 0.25) is 0 Å². The normalized spacial score (nSPS) is 11.7. The number of phenolic OH excluding ortho intramolecular Hbond substituents is 1. The number of para-hydroxylation sites is 1. The summed E-state index contributed by atoms with van der Waals surface area (Å²) in [6.07, 6.45) is 1.85. The summed E-state index contributed by atoms with van der Waals surface area (Å²) in [6.45, 7) is 4.24. The molecule has 0 aromatic heterocycles. The first-order valence-corrected chi connectivity index (χ1v) is 12.7. The van der Waals surface area contributed by atoms with Crippen molar-refractivity contribution in [3.63, 3.8) is 0 Å². The van der Waals surface area contributed by atoms with Crippen molar-refractivity contribution in [3.05, 3.63) is 120 Å². The lowest BCUT2D eigenvalue weighted by Gasteiger charge is -2.40. The van der Waals surface area contributed by atoms with Crippen molar-refractivity contribution in [1.82, 2.24) is 0 Å². The van der Waals surface area contributed by atoms with Crippen LogP contribution < -0.4 is 0 Å². The molecule has 0 aliphatic carbocycles. The molecule has 0 saturated heterocycles. The predicted molar refractivity (Wildman–Crippen MR) is 134 cm³/mol. The quantitative estimate of drug-likeness (QED) is 0.312. The average molecular weight is 457 g/mol. The number of carbonyl (C=O) groups excluding carboxylic acids is 1. The van der Waals surface area contributed by atoms with Crippen molar-refractivity contribution < 1.29 is 14.1 Å². The zero-order valence-electron chi connectivity index (χ0n) is 18.9. The Labute approximate surface area is 197 Å². The van der Waals surface area contributed by atoms with Gasteiger partial charge >= 0.3 is 5.97 Å². The van der Waals surface area contributed by atoms with E-state index in [-0.39, 0.29) is 11.3 Å². The second-order valence-electron chi connectivity index (χ2n) is 7.75. The lowest BCUT2D eigenvalue weighted by Crippen LogP contribution is -2.14. The Morgan fingerprint density at radius 2 is 1.12 bits per heavy atom. The fourth-order valence-electron chi connectivity index (χ4n) is 3.80. The minimum absolute atomic E-state index is 0.0912. The third-order valence-electron chi connectivity index (χ3n) is 5.73. The summed E-state index contributed by atoms with van der Waals surface area (Å²) in [4.78, 5) is 16.3. The molecule has 3 nitrogen and oxygen atoms in total. The largest absolute Gasteiger partial charge is 0.507 e. The smallest absolute Gasteiger partial charge is 0.353 e. The molecule has 0 fully saturated rings. The van der Waals surface area contributed by atoms with Crippen LogP contribution in [0.1, 0.15) is 35.3 Å². The highest BCUT2D eigenvalue weighted by molar-refractivity contribution is 8.30. The molecule has 0 unspecified atom stereocenters. The maximum Gasteiger partial charge on any atom is 0.353 e. The maximum absolute atomic E-state index is 13.5. The van der Waals surface area contributed by atoms with Gasteiger partial charge in [0.05, 0.1) is 0 Å². The molecule has 0 radical (unpaired) electrons. The van der Waals surface area contributed by atoms with Crippen molar-refractivity contribution in [2.24, 2.45) is 0 Å². The molecule has 0 heterocycles. The number of carbonyl (C=O) groups is 1. The van der Waals surface area contributed by atoms with Gasteiger partial charge in [-0.15, -0.1) is 0 Å². The number of rotatable bonds is 7. The van der Waals surface area contributed by atoms with E-state index in [9.17, 15) is 9.90 Å². The monoisotopic (exact) mass is 456 g/mol. The minimum Gasteiger partial charge on any atom is -0.507 e. The molecular formula is C29H28O3S. The Morgan fingerprint density at radius 3 is 1.61 bits per heavy atom. The van der Waals surface area contributed by atoms with E-state index in [0.717, 1.165) is 27.5 Å². The highest BCUT2D eigenvalue weighted by Gasteiger charge is 2.36. The van der Waals surface area contributed by atoms with Crippen molar-refractivity contribution in [2.75, 3.05) is 0 Å². The molecule has 33 heavy (non-hydrogen) atoms. The molecule has 0 aliphatic rings. The van der Waals surface area contributed by atoms with Crippen LogP contribution in [0.25, 0.3) is 0 Å². The minimum atomic E-state index is -2.41. The van der Waals surface area contributed by atoms with E-state index in [0.29, 0.717) is 0 Å². The molecule has 0 aliphatic heterocycles. The molecule has 0 saturated carbocycles. The summed E-state index contributed by atoms with van der Waals surface area (Å²) in [5.74, 6) is -0.641. The number of hydrogen-bond acceptors (Lipinski definition) is 3. The second kappa shape index (κ2) is 9.97. The molecule has 4 aromatic rings. The van der Waals surface area contributed by atoms with Crippen LogP contribution in [0.3, 0.4) is 0 Å². The third-order valence-corrected chi connectivity index (χ3v) is 8.94. The predicted octanol–water partition coefficient (Wildman–Crippen LogP) is 7.57. The van der Waals surface area contributed by atoms with Crippen molar-refractivity contribution in [1.29, 1.82) is 0 Å². The van der Waals surface area contributed by atoms with E-state index >= 15 is 0 Å². The first-order valence-electron chi connectivity index (χ1n) is 11.2. The van der Waals surface area contributed by atoms with E-state index in [2.05, 4.69) is 62.4 Å². The van der Waals surface area contributed by atoms with Gasteiger partial charge in [0.25, 0.3) is 0 Å². The number of aromatic hydroxyl groups is 1. The van der Waals surface area contributed by atoms with Gasteiger partial charge in [-0.2, -0.15) is 0 Å². The van der Waals surface area contributed by atoms with Gasteiger partial charge < -0.3 is 9.29 Å². The average Bonchev–Trinajstić information content (AvgIpc) is 2.88.